The molecule has 1 aromatic carbocycles. The smallest absolute Gasteiger partial charge is 0.269 e. The van der Waals surface area contributed by atoms with Gasteiger partial charge in [-0.25, -0.2) is 0 Å². The Morgan fingerprint density at radius 3 is 2.81 bits per heavy atom. The third-order valence-corrected chi connectivity index (χ3v) is 2.90. The van der Waals surface area contributed by atoms with Crippen molar-refractivity contribution in [3.05, 3.63) is 36.0 Å². The lowest BCUT2D eigenvalue weighted by molar-refractivity contribution is -0.117. The average Bonchev–Trinajstić information content (AvgIpc) is 2.87. The van der Waals surface area contributed by atoms with Crippen LogP contribution < -0.4 is 15.8 Å². The number of carbonyl (C=O) groups is 2. The van der Waals surface area contributed by atoms with Crippen LogP contribution in [0.4, 0.5) is 0 Å². The Balaban J connectivity index is 2.25. The van der Waals surface area contributed by atoms with Gasteiger partial charge in [-0.2, -0.15) is 5.10 Å². The van der Waals surface area contributed by atoms with Crippen LogP contribution in [0.1, 0.15) is 10.5 Å². The van der Waals surface area contributed by atoms with E-state index in [0.29, 0.717) is 17.1 Å². The summed E-state index contributed by atoms with van der Waals surface area (Å²) in [4.78, 5) is 22.6. The molecule has 0 atom stereocenters. The third-order valence-electron chi connectivity index (χ3n) is 2.90. The zero-order chi connectivity index (χ0) is 15.4. The number of rotatable bonds is 5. The summed E-state index contributed by atoms with van der Waals surface area (Å²) in [5.41, 5.74) is 6.81. The zero-order valence-corrected chi connectivity index (χ0v) is 11.8. The van der Waals surface area contributed by atoms with Crippen molar-refractivity contribution in [1.82, 2.24) is 15.1 Å². The Morgan fingerprint density at radius 1 is 1.38 bits per heavy atom. The molecule has 2 aromatic rings. The number of primary amides is 1. The molecule has 0 aliphatic carbocycles. The molecule has 0 saturated heterocycles. The molecule has 21 heavy (non-hydrogen) atoms. The number of aromatic nitrogens is 2. The normalized spacial score (nSPS) is 10.2. The summed E-state index contributed by atoms with van der Waals surface area (Å²) >= 11 is 0. The second-order valence-electron chi connectivity index (χ2n) is 4.42. The molecule has 0 radical (unpaired) electrons. The summed E-state index contributed by atoms with van der Waals surface area (Å²) in [5, 5.41) is 6.72. The van der Waals surface area contributed by atoms with Gasteiger partial charge in [0.1, 0.15) is 11.4 Å². The van der Waals surface area contributed by atoms with Gasteiger partial charge < -0.3 is 15.8 Å². The van der Waals surface area contributed by atoms with E-state index < -0.39 is 11.8 Å². The number of methoxy groups -OCH3 is 1. The second kappa shape index (κ2) is 6.08. The van der Waals surface area contributed by atoms with Crippen molar-refractivity contribution in [2.45, 2.75) is 0 Å². The maximum Gasteiger partial charge on any atom is 0.269 e. The van der Waals surface area contributed by atoms with Crippen LogP contribution in [0.15, 0.2) is 30.3 Å². The number of amides is 2. The van der Waals surface area contributed by atoms with Crippen LogP contribution in [-0.4, -0.2) is 35.2 Å². The number of nitrogens with two attached hydrogens (primary N) is 1. The minimum atomic E-state index is -0.599. The van der Waals surface area contributed by atoms with E-state index in [1.54, 1.807) is 20.2 Å². The van der Waals surface area contributed by atoms with Crippen LogP contribution in [0.25, 0.3) is 11.3 Å². The molecule has 1 heterocycles. The molecule has 2 rings (SSSR count). The van der Waals surface area contributed by atoms with Gasteiger partial charge in [0.05, 0.1) is 19.3 Å². The summed E-state index contributed by atoms with van der Waals surface area (Å²) in [5.74, 6) is -0.297. The molecule has 2 amide bonds. The molecular formula is C14H16N4O3. The third kappa shape index (κ3) is 3.38. The number of carbonyl (C=O) groups excluding carboxylic acids is 2. The van der Waals surface area contributed by atoms with E-state index in [9.17, 15) is 9.59 Å². The highest BCUT2D eigenvalue weighted by atomic mass is 16.5. The van der Waals surface area contributed by atoms with Crippen molar-refractivity contribution in [3.63, 3.8) is 0 Å². The van der Waals surface area contributed by atoms with E-state index in [1.165, 1.54) is 4.68 Å². The van der Waals surface area contributed by atoms with E-state index in [1.807, 2.05) is 24.3 Å². The minimum absolute atomic E-state index is 0.210. The fraction of sp³-hybridized carbons (Fsp3) is 0.214. The highest BCUT2D eigenvalue weighted by Gasteiger charge is 2.14. The first-order chi connectivity index (χ1) is 10.0. The van der Waals surface area contributed by atoms with E-state index in [-0.39, 0.29) is 6.54 Å². The van der Waals surface area contributed by atoms with Crippen LogP contribution >= 0.6 is 0 Å². The lowest BCUT2D eigenvalue weighted by Crippen LogP contribution is -2.34. The molecule has 110 valence electrons. The first-order valence-corrected chi connectivity index (χ1v) is 6.26. The number of hydrogen-bond acceptors (Lipinski definition) is 4. The molecular weight excluding hydrogens is 272 g/mol. The molecule has 0 bridgehead atoms. The first kappa shape index (κ1) is 14.6. The van der Waals surface area contributed by atoms with Crippen molar-refractivity contribution in [2.24, 2.45) is 12.8 Å². The number of hydrogen-bond donors (Lipinski definition) is 2. The van der Waals surface area contributed by atoms with Crippen molar-refractivity contribution < 1.29 is 14.3 Å². The average molecular weight is 288 g/mol. The lowest BCUT2D eigenvalue weighted by Gasteiger charge is -2.01. The van der Waals surface area contributed by atoms with Crippen molar-refractivity contribution >= 4 is 11.8 Å². The molecule has 0 fully saturated rings. The van der Waals surface area contributed by atoms with Crippen molar-refractivity contribution in [2.75, 3.05) is 13.7 Å². The van der Waals surface area contributed by atoms with Gasteiger partial charge in [0.15, 0.2) is 0 Å². The maximum absolute atomic E-state index is 11.9. The van der Waals surface area contributed by atoms with E-state index >= 15 is 0 Å². The van der Waals surface area contributed by atoms with E-state index in [0.717, 1.165) is 5.56 Å². The highest BCUT2D eigenvalue weighted by Crippen LogP contribution is 2.23. The number of nitrogens with zero attached hydrogens (tertiary/aromatic N) is 2. The van der Waals surface area contributed by atoms with Gasteiger partial charge in [-0.1, -0.05) is 12.1 Å². The van der Waals surface area contributed by atoms with E-state index in [4.69, 9.17) is 10.5 Å². The SMILES string of the molecule is COc1cccc(-c2cc(C(=O)NCC(N)=O)n(C)n2)c1. The van der Waals surface area contributed by atoms with Crippen LogP contribution in [-0.2, 0) is 11.8 Å². The Labute approximate surface area is 121 Å². The van der Waals surface area contributed by atoms with Gasteiger partial charge in [0, 0.05) is 12.6 Å². The molecule has 0 aliphatic heterocycles. The summed E-state index contributed by atoms with van der Waals surface area (Å²) < 4.78 is 6.61. The molecule has 7 heteroatoms. The van der Waals surface area contributed by atoms with Crippen LogP contribution in [0.5, 0.6) is 5.75 Å². The Bertz CT molecular complexity index is 679. The monoisotopic (exact) mass is 288 g/mol. The summed E-state index contributed by atoms with van der Waals surface area (Å²) in [6.45, 7) is -0.210. The van der Waals surface area contributed by atoms with Gasteiger partial charge in [0.2, 0.25) is 5.91 Å². The molecule has 7 nitrogen and oxygen atoms in total. The lowest BCUT2D eigenvalue weighted by atomic mass is 10.1. The number of benzene rings is 1. The summed E-state index contributed by atoms with van der Waals surface area (Å²) in [7, 11) is 3.24. The Morgan fingerprint density at radius 2 is 2.14 bits per heavy atom. The minimum Gasteiger partial charge on any atom is -0.497 e. The molecule has 0 unspecified atom stereocenters. The standard InChI is InChI=1S/C14H16N4O3/c1-18-12(14(20)16-8-13(15)19)7-11(17-18)9-4-3-5-10(6-9)21-2/h3-7H,8H2,1-2H3,(H2,15,19)(H,16,20). The fourth-order valence-electron chi connectivity index (χ4n) is 1.86. The van der Waals surface area contributed by atoms with Crippen molar-refractivity contribution in [1.29, 1.82) is 0 Å². The predicted molar refractivity (Wildman–Crippen MR) is 76.7 cm³/mol. The van der Waals surface area contributed by atoms with Gasteiger partial charge >= 0.3 is 0 Å². The zero-order valence-electron chi connectivity index (χ0n) is 11.8. The number of nitrogens with one attached hydrogen (secondary N) is 1. The van der Waals surface area contributed by atoms with Crippen LogP contribution in [0.3, 0.4) is 0 Å². The van der Waals surface area contributed by atoms with Crippen LogP contribution in [0, 0.1) is 0 Å². The highest BCUT2D eigenvalue weighted by molar-refractivity contribution is 5.95. The largest absolute Gasteiger partial charge is 0.497 e. The molecule has 1 aromatic heterocycles. The number of ether oxygens (including phenoxy) is 1. The molecule has 0 spiro atoms. The fourth-order valence-corrected chi connectivity index (χ4v) is 1.86. The van der Waals surface area contributed by atoms with Gasteiger partial charge in [-0.3, -0.25) is 14.3 Å². The second-order valence-corrected chi connectivity index (χ2v) is 4.42. The molecule has 3 N–H and O–H groups in total. The molecule has 0 saturated carbocycles. The number of aryl methyl sites for hydroxylation is 1. The molecule has 0 aliphatic rings. The summed E-state index contributed by atoms with van der Waals surface area (Å²) in [6, 6.07) is 9.01. The summed E-state index contributed by atoms with van der Waals surface area (Å²) in [6.07, 6.45) is 0. The van der Waals surface area contributed by atoms with E-state index in [2.05, 4.69) is 10.4 Å². The topological polar surface area (TPSA) is 99.2 Å². The van der Waals surface area contributed by atoms with Gasteiger partial charge in [-0.15, -0.1) is 0 Å². The maximum atomic E-state index is 11.9. The first-order valence-electron chi connectivity index (χ1n) is 6.26. The Kier molecular flexibility index (Phi) is 4.22. The van der Waals surface area contributed by atoms with Crippen molar-refractivity contribution in [3.8, 4) is 17.0 Å². The quantitative estimate of drug-likeness (QED) is 0.827. The van der Waals surface area contributed by atoms with Gasteiger partial charge in [0.25, 0.3) is 5.91 Å². The predicted octanol–water partition coefficient (Wildman–Crippen LogP) is 0.311. The van der Waals surface area contributed by atoms with Crippen LogP contribution in [0.2, 0.25) is 0 Å². The van der Waals surface area contributed by atoms with Gasteiger partial charge in [-0.05, 0) is 18.2 Å². The Hall–Kier alpha value is -2.83.